The number of carbonyl (C=O) groups excluding carboxylic acids is 1. The number of pyridine rings is 1. The van der Waals surface area contributed by atoms with E-state index in [0.29, 0.717) is 19.7 Å². The third-order valence-electron chi connectivity index (χ3n) is 4.77. The van der Waals surface area contributed by atoms with Crippen LogP contribution in [0.15, 0.2) is 42.0 Å². The fraction of sp³-hybridized carbons (Fsp3) is 0.318. The predicted octanol–water partition coefficient (Wildman–Crippen LogP) is 4.66. The fourth-order valence-corrected chi connectivity index (χ4v) is 5.17. The second-order valence-corrected chi connectivity index (χ2v) is 9.07. The van der Waals surface area contributed by atoms with Gasteiger partial charge >= 0.3 is 0 Å². The van der Waals surface area contributed by atoms with E-state index in [-0.39, 0.29) is 12.5 Å². The maximum absolute atomic E-state index is 13.0. The summed E-state index contributed by atoms with van der Waals surface area (Å²) in [5.41, 5.74) is 2.05. The molecule has 0 radical (unpaired) electrons. The van der Waals surface area contributed by atoms with E-state index in [1.165, 1.54) is 0 Å². The number of hydrogen-bond acceptors (Lipinski definition) is 7. The van der Waals surface area contributed by atoms with Crippen molar-refractivity contribution in [3.8, 4) is 5.75 Å². The molecule has 0 N–H and O–H groups in total. The lowest BCUT2D eigenvalue weighted by Gasteiger charge is -2.23. The molecule has 3 aromatic heterocycles. The highest BCUT2D eigenvalue weighted by molar-refractivity contribution is 7.21. The van der Waals surface area contributed by atoms with Crippen LogP contribution < -0.4 is 4.74 Å². The number of rotatable bonds is 9. The van der Waals surface area contributed by atoms with Gasteiger partial charge in [0, 0.05) is 50.7 Å². The number of carbonyl (C=O) groups is 1. The van der Waals surface area contributed by atoms with E-state index in [4.69, 9.17) is 9.47 Å². The van der Waals surface area contributed by atoms with E-state index in [2.05, 4.69) is 9.97 Å². The lowest BCUT2D eigenvalue weighted by Crippen LogP contribution is -2.35. The fourth-order valence-electron chi connectivity index (χ4n) is 3.34. The molecule has 6 nitrogen and oxygen atoms in total. The van der Waals surface area contributed by atoms with Gasteiger partial charge in [0.05, 0.1) is 19.9 Å². The molecule has 4 aromatic rings. The van der Waals surface area contributed by atoms with Crippen LogP contribution in [-0.2, 0) is 16.1 Å². The molecule has 0 aliphatic carbocycles. The highest BCUT2D eigenvalue weighted by Crippen LogP contribution is 2.38. The third-order valence-corrected chi connectivity index (χ3v) is 6.61. The van der Waals surface area contributed by atoms with Crippen molar-refractivity contribution in [2.45, 2.75) is 19.9 Å². The molecule has 1 amide bonds. The van der Waals surface area contributed by atoms with Crippen molar-refractivity contribution in [2.75, 3.05) is 26.9 Å². The number of nitrogens with zero attached hydrogens (tertiary/aromatic N) is 3. The van der Waals surface area contributed by atoms with Gasteiger partial charge in [-0.05, 0) is 42.5 Å². The quantitative estimate of drug-likeness (QED) is 0.354. The molecule has 3 heterocycles. The molecule has 0 atom stereocenters. The van der Waals surface area contributed by atoms with E-state index < -0.39 is 0 Å². The lowest BCUT2D eigenvalue weighted by molar-refractivity contribution is -0.134. The summed E-state index contributed by atoms with van der Waals surface area (Å²) in [6.07, 6.45) is 4.25. The standard InChI is InChI=1S/C22H23N3O3S2/c1-15-24-21-19(30-15)12-18(17-6-11-29-22(17)21)28-14-20(26)25(9-3-10-27-2)13-16-4-7-23-8-5-16/h4-8,11-12H,3,9-10,13-14H2,1-2H3. The SMILES string of the molecule is COCCCN(Cc1ccncc1)C(=O)COc1cc2sc(C)nc2c2sccc12. The molecule has 0 saturated carbocycles. The minimum atomic E-state index is -0.0492. The van der Waals surface area contributed by atoms with Crippen molar-refractivity contribution >= 4 is 48.9 Å². The number of aryl methyl sites for hydroxylation is 1. The van der Waals surface area contributed by atoms with Crippen molar-refractivity contribution in [1.82, 2.24) is 14.9 Å². The summed E-state index contributed by atoms with van der Waals surface area (Å²) in [7, 11) is 1.67. The first-order valence-electron chi connectivity index (χ1n) is 9.71. The summed E-state index contributed by atoms with van der Waals surface area (Å²) in [6.45, 7) is 3.74. The normalized spacial score (nSPS) is 11.3. The van der Waals surface area contributed by atoms with Gasteiger partial charge in [0.15, 0.2) is 6.61 Å². The van der Waals surface area contributed by atoms with Crippen molar-refractivity contribution in [3.63, 3.8) is 0 Å². The molecule has 0 aliphatic rings. The summed E-state index contributed by atoms with van der Waals surface area (Å²) in [6, 6.07) is 7.88. The Bertz CT molecular complexity index is 1140. The molecule has 0 aliphatic heterocycles. The van der Waals surface area contributed by atoms with Crippen LogP contribution in [0.5, 0.6) is 5.75 Å². The minimum absolute atomic E-state index is 0.00763. The molecule has 8 heteroatoms. The summed E-state index contributed by atoms with van der Waals surface area (Å²) in [5.74, 6) is 0.684. The molecular formula is C22H23N3O3S2. The molecule has 0 bridgehead atoms. The number of methoxy groups -OCH3 is 1. The van der Waals surface area contributed by atoms with Crippen molar-refractivity contribution in [1.29, 1.82) is 0 Å². The average Bonchev–Trinajstić information content (AvgIpc) is 3.38. The zero-order chi connectivity index (χ0) is 20.9. The van der Waals surface area contributed by atoms with Gasteiger partial charge in [0.2, 0.25) is 0 Å². The smallest absolute Gasteiger partial charge is 0.260 e. The van der Waals surface area contributed by atoms with Gasteiger partial charge in [0.25, 0.3) is 5.91 Å². The number of hydrogen-bond donors (Lipinski definition) is 0. The van der Waals surface area contributed by atoms with Crippen LogP contribution in [-0.4, -0.2) is 47.6 Å². The van der Waals surface area contributed by atoms with Gasteiger partial charge in [0.1, 0.15) is 5.75 Å². The van der Waals surface area contributed by atoms with Crippen LogP contribution in [0.2, 0.25) is 0 Å². The predicted molar refractivity (Wildman–Crippen MR) is 121 cm³/mol. The number of fused-ring (bicyclic) bond motifs is 3. The highest BCUT2D eigenvalue weighted by atomic mass is 32.1. The van der Waals surface area contributed by atoms with Gasteiger partial charge in [-0.15, -0.1) is 22.7 Å². The largest absolute Gasteiger partial charge is 0.483 e. The number of benzene rings is 1. The van der Waals surface area contributed by atoms with E-state index in [9.17, 15) is 4.79 Å². The van der Waals surface area contributed by atoms with Gasteiger partial charge in [-0.25, -0.2) is 4.98 Å². The van der Waals surface area contributed by atoms with Gasteiger partial charge in [-0.2, -0.15) is 0 Å². The maximum Gasteiger partial charge on any atom is 0.260 e. The van der Waals surface area contributed by atoms with Gasteiger partial charge < -0.3 is 14.4 Å². The number of thiophene rings is 1. The van der Waals surface area contributed by atoms with Crippen LogP contribution in [0.1, 0.15) is 17.0 Å². The van der Waals surface area contributed by atoms with Crippen LogP contribution >= 0.6 is 22.7 Å². The molecule has 30 heavy (non-hydrogen) atoms. The van der Waals surface area contributed by atoms with E-state index >= 15 is 0 Å². The molecule has 4 rings (SSSR count). The Kier molecular flexibility index (Phi) is 6.56. The van der Waals surface area contributed by atoms with Crippen molar-refractivity contribution in [3.05, 3.63) is 52.6 Å². The third kappa shape index (κ3) is 4.61. The van der Waals surface area contributed by atoms with Gasteiger partial charge in [-0.3, -0.25) is 9.78 Å². The van der Waals surface area contributed by atoms with Crippen LogP contribution in [0.3, 0.4) is 0 Å². The van der Waals surface area contributed by atoms with E-state index in [1.807, 2.05) is 41.5 Å². The van der Waals surface area contributed by atoms with E-state index in [1.54, 1.807) is 42.2 Å². The zero-order valence-electron chi connectivity index (χ0n) is 17.0. The average molecular weight is 442 g/mol. The summed E-state index contributed by atoms with van der Waals surface area (Å²) in [4.78, 5) is 23.5. The monoisotopic (exact) mass is 441 g/mol. The summed E-state index contributed by atoms with van der Waals surface area (Å²) < 4.78 is 13.4. The molecule has 156 valence electrons. The second kappa shape index (κ2) is 9.51. The Hall–Kier alpha value is -2.55. The minimum Gasteiger partial charge on any atom is -0.483 e. The second-order valence-electron chi connectivity index (χ2n) is 6.92. The highest BCUT2D eigenvalue weighted by Gasteiger charge is 2.17. The van der Waals surface area contributed by atoms with Crippen LogP contribution in [0, 0.1) is 6.92 Å². The lowest BCUT2D eigenvalue weighted by atomic mass is 10.2. The van der Waals surface area contributed by atoms with Crippen molar-refractivity contribution in [2.24, 2.45) is 0 Å². The Morgan fingerprint density at radius 1 is 1.23 bits per heavy atom. The molecule has 0 unspecified atom stereocenters. The first kappa shape index (κ1) is 20.7. The Balaban J connectivity index is 1.51. The maximum atomic E-state index is 13.0. The molecular weight excluding hydrogens is 418 g/mol. The first-order valence-corrected chi connectivity index (χ1v) is 11.4. The topological polar surface area (TPSA) is 64.5 Å². The van der Waals surface area contributed by atoms with Crippen LogP contribution in [0.25, 0.3) is 20.3 Å². The van der Waals surface area contributed by atoms with Crippen LogP contribution in [0.4, 0.5) is 0 Å². The van der Waals surface area contributed by atoms with E-state index in [0.717, 1.165) is 43.0 Å². The first-order chi connectivity index (χ1) is 14.7. The number of amides is 1. The number of ether oxygens (including phenoxy) is 2. The molecule has 0 fully saturated rings. The Morgan fingerprint density at radius 2 is 2.07 bits per heavy atom. The summed E-state index contributed by atoms with van der Waals surface area (Å²) >= 11 is 3.29. The Labute approximate surface area is 183 Å². The summed E-state index contributed by atoms with van der Waals surface area (Å²) in [5, 5.41) is 4.06. The number of thiazole rings is 1. The van der Waals surface area contributed by atoms with Crippen molar-refractivity contribution < 1.29 is 14.3 Å². The Morgan fingerprint density at radius 3 is 2.87 bits per heavy atom. The molecule has 1 aromatic carbocycles. The zero-order valence-corrected chi connectivity index (χ0v) is 18.6. The number of aromatic nitrogens is 2. The molecule has 0 saturated heterocycles. The van der Waals surface area contributed by atoms with Gasteiger partial charge in [-0.1, -0.05) is 0 Å². The molecule has 0 spiro atoms.